The summed E-state index contributed by atoms with van der Waals surface area (Å²) in [6.45, 7) is 3.57. The number of carbonyl (C=O) groups is 1. The van der Waals surface area contributed by atoms with Gasteiger partial charge in [-0.3, -0.25) is 4.79 Å². The molecule has 1 atom stereocenters. The van der Waals surface area contributed by atoms with E-state index in [1.165, 1.54) is 17.0 Å². The third-order valence-corrected chi connectivity index (χ3v) is 3.20. The molecule has 1 aliphatic rings. The molecule has 17 heavy (non-hydrogen) atoms. The number of carbonyl (C=O) groups excluding carboxylic acids is 1. The highest BCUT2D eigenvalue weighted by Gasteiger charge is 2.20. The fraction of sp³-hybridized carbons (Fsp3) is 0.462. The van der Waals surface area contributed by atoms with E-state index in [1.807, 2.05) is 4.90 Å². The summed E-state index contributed by atoms with van der Waals surface area (Å²) in [5.74, 6) is -0.410. The molecule has 1 aromatic rings. The maximum Gasteiger partial charge on any atom is 0.254 e. The fourth-order valence-electron chi connectivity index (χ4n) is 2.14. The summed E-state index contributed by atoms with van der Waals surface area (Å²) in [5, 5.41) is 0. The molecule has 1 N–H and O–H groups in total. The first kappa shape index (κ1) is 12.0. The zero-order chi connectivity index (χ0) is 12.3. The number of hydrogen-bond acceptors (Lipinski definition) is 1. The summed E-state index contributed by atoms with van der Waals surface area (Å²) in [7, 11) is 2.14. The molecule has 1 fully saturated rings. The third kappa shape index (κ3) is 3.03. The van der Waals surface area contributed by atoms with Crippen molar-refractivity contribution in [1.82, 2.24) is 4.90 Å². The van der Waals surface area contributed by atoms with Crippen LogP contribution in [0.5, 0.6) is 0 Å². The second-order valence-corrected chi connectivity index (χ2v) is 4.61. The summed E-state index contributed by atoms with van der Waals surface area (Å²) in [6, 6.07) is 5.92. The highest BCUT2D eigenvalue weighted by molar-refractivity contribution is 5.94. The van der Waals surface area contributed by atoms with Crippen LogP contribution in [-0.2, 0) is 0 Å². The number of likely N-dealkylation sites (N-methyl/N-ethyl adjacent to an activating group) is 1. The molecule has 0 bridgehead atoms. The molecule has 92 valence electrons. The Balaban J connectivity index is 2.09. The minimum atomic E-state index is -0.353. The predicted molar refractivity (Wildman–Crippen MR) is 63.5 cm³/mol. The lowest BCUT2D eigenvalue weighted by molar-refractivity contribution is -0.877. The molecule has 0 radical (unpaired) electrons. The lowest BCUT2D eigenvalue weighted by Crippen LogP contribution is -3.09. The van der Waals surface area contributed by atoms with Gasteiger partial charge in [-0.1, -0.05) is 6.07 Å². The van der Waals surface area contributed by atoms with E-state index in [1.54, 1.807) is 12.1 Å². The van der Waals surface area contributed by atoms with Gasteiger partial charge in [0.1, 0.15) is 5.82 Å². The molecule has 1 amide bonds. The van der Waals surface area contributed by atoms with E-state index in [4.69, 9.17) is 0 Å². The van der Waals surface area contributed by atoms with E-state index >= 15 is 0 Å². The van der Waals surface area contributed by atoms with E-state index in [0.29, 0.717) is 5.56 Å². The molecule has 2 rings (SSSR count). The van der Waals surface area contributed by atoms with Gasteiger partial charge in [-0.05, 0) is 18.2 Å². The van der Waals surface area contributed by atoms with Gasteiger partial charge in [0.2, 0.25) is 0 Å². The van der Waals surface area contributed by atoms with Gasteiger partial charge in [-0.15, -0.1) is 0 Å². The first-order valence-corrected chi connectivity index (χ1v) is 6.03. The Morgan fingerprint density at radius 1 is 1.35 bits per heavy atom. The van der Waals surface area contributed by atoms with E-state index < -0.39 is 0 Å². The van der Waals surface area contributed by atoms with Gasteiger partial charge in [0, 0.05) is 18.5 Å². The second kappa shape index (κ2) is 5.27. The fourth-order valence-corrected chi connectivity index (χ4v) is 2.14. The van der Waals surface area contributed by atoms with Crippen LogP contribution in [0.2, 0.25) is 0 Å². The molecule has 1 saturated heterocycles. The van der Waals surface area contributed by atoms with Crippen LogP contribution in [0, 0.1) is 5.82 Å². The number of hydrogen-bond donors (Lipinski definition) is 1. The van der Waals surface area contributed by atoms with Crippen LogP contribution in [0.4, 0.5) is 4.39 Å². The summed E-state index contributed by atoms with van der Waals surface area (Å²) >= 11 is 0. The summed E-state index contributed by atoms with van der Waals surface area (Å²) in [5.41, 5.74) is 0.449. The van der Waals surface area contributed by atoms with Gasteiger partial charge in [0.05, 0.1) is 26.7 Å². The smallest absolute Gasteiger partial charge is 0.254 e. The van der Waals surface area contributed by atoms with Crippen LogP contribution in [0.3, 0.4) is 0 Å². The van der Waals surface area contributed by atoms with Crippen LogP contribution in [0.1, 0.15) is 16.8 Å². The van der Waals surface area contributed by atoms with E-state index in [-0.39, 0.29) is 11.7 Å². The Hall–Kier alpha value is -1.42. The summed E-state index contributed by atoms with van der Waals surface area (Å²) < 4.78 is 13.1. The number of quaternary nitrogens is 1. The molecule has 3 nitrogen and oxygen atoms in total. The average Bonchev–Trinajstić information content (AvgIpc) is 2.53. The minimum absolute atomic E-state index is 0.0563. The number of halogens is 1. The zero-order valence-electron chi connectivity index (χ0n) is 10.1. The van der Waals surface area contributed by atoms with Crippen molar-refractivity contribution < 1.29 is 14.1 Å². The normalized spacial score (nSPS) is 21.1. The van der Waals surface area contributed by atoms with E-state index in [9.17, 15) is 9.18 Å². The Bertz CT molecular complexity index is 408. The van der Waals surface area contributed by atoms with Gasteiger partial charge >= 0.3 is 0 Å². The Labute approximate surface area is 101 Å². The Morgan fingerprint density at radius 3 is 2.94 bits per heavy atom. The van der Waals surface area contributed by atoms with E-state index in [0.717, 1.165) is 32.6 Å². The lowest BCUT2D eigenvalue weighted by atomic mass is 10.2. The number of nitrogens with zero attached hydrogens (tertiary/aromatic N) is 1. The maximum atomic E-state index is 13.1. The van der Waals surface area contributed by atoms with Crippen LogP contribution in [0.15, 0.2) is 24.3 Å². The highest BCUT2D eigenvalue weighted by Crippen LogP contribution is 2.08. The lowest BCUT2D eigenvalue weighted by Gasteiger charge is -2.19. The van der Waals surface area contributed by atoms with Crippen LogP contribution >= 0.6 is 0 Å². The molecule has 1 unspecified atom stereocenters. The number of benzene rings is 1. The Morgan fingerprint density at radius 2 is 2.18 bits per heavy atom. The van der Waals surface area contributed by atoms with Crippen LogP contribution in [-0.4, -0.2) is 44.0 Å². The summed E-state index contributed by atoms with van der Waals surface area (Å²) in [6.07, 6.45) is 1.01. The number of nitrogens with one attached hydrogen (secondary N) is 1. The van der Waals surface area contributed by atoms with Gasteiger partial charge in [-0.25, -0.2) is 4.39 Å². The largest absolute Gasteiger partial charge is 0.336 e. The molecule has 0 aliphatic carbocycles. The first-order chi connectivity index (χ1) is 8.16. The molecular weight excluding hydrogens is 219 g/mol. The van der Waals surface area contributed by atoms with Crippen LogP contribution in [0.25, 0.3) is 0 Å². The second-order valence-electron chi connectivity index (χ2n) is 4.61. The van der Waals surface area contributed by atoms with Gasteiger partial charge in [-0.2, -0.15) is 0 Å². The molecule has 1 aliphatic heterocycles. The standard InChI is InChI=1S/C13H17FN2O/c1-15-6-3-7-16(9-8-15)13(17)11-4-2-5-12(14)10-11/h2,4-5,10H,3,6-9H2,1H3/p+1. The third-order valence-electron chi connectivity index (χ3n) is 3.20. The SMILES string of the molecule is C[NH+]1CCCN(C(=O)c2cccc(F)c2)CC1. The molecule has 0 spiro atoms. The van der Waals surface area contributed by atoms with Gasteiger partial charge in [0.25, 0.3) is 5.91 Å². The molecule has 1 aromatic carbocycles. The monoisotopic (exact) mass is 237 g/mol. The van der Waals surface area contributed by atoms with Crippen molar-refractivity contribution >= 4 is 5.91 Å². The van der Waals surface area contributed by atoms with Crippen molar-refractivity contribution in [3.8, 4) is 0 Å². The quantitative estimate of drug-likeness (QED) is 0.741. The van der Waals surface area contributed by atoms with Crippen molar-refractivity contribution in [2.75, 3.05) is 33.2 Å². The first-order valence-electron chi connectivity index (χ1n) is 6.03. The molecule has 1 heterocycles. The minimum Gasteiger partial charge on any atom is -0.336 e. The van der Waals surface area contributed by atoms with Crippen molar-refractivity contribution in [2.45, 2.75) is 6.42 Å². The van der Waals surface area contributed by atoms with E-state index in [2.05, 4.69) is 7.05 Å². The zero-order valence-corrected chi connectivity index (χ0v) is 10.1. The predicted octanol–water partition coefficient (Wildman–Crippen LogP) is 0.186. The van der Waals surface area contributed by atoms with Crippen LogP contribution < -0.4 is 4.90 Å². The summed E-state index contributed by atoms with van der Waals surface area (Å²) in [4.78, 5) is 15.4. The molecule has 4 heteroatoms. The number of rotatable bonds is 1. The maximum absolute atomic E-state index is 13.1. The van der Waals surface area contributed by atoms with Crippen molar-refractivity contribution in [2.24, 2.45) is 0 Å². The van der Waals surface area contributed by atoms with Crippen molar-refractivity contribution in [1.29, 1.82) is 0 Å². The molecule has 0 saturated carbocycles. The molecule has 0 aromatic heterocycles. The molecular formula is C13H18FN2O+. The van der Waals surface area contributed by atoms with Crippen molar-refractivity contribution in [3.05, 3.63) is 35.6 Å². The topological polar surface area (TPSA) is 24.8 Å². The van der Waals surface area contributed by atoms with Gasteiger partial charge < -0.3 is 9.80 Å². The Kier molecular flexibility index (Phi) is 3.74. The van der Waals surface area contributed by atoms with Crippen molar-refractivity contribution in [3.63, 3.8) is 0 Å². The highest BCUT2D eigenvalue weighted by atomic mass is 19.1. The average molecular weight is 237 g/mol. The number of amides is 1. The van der Waals surface area contributed by atoms with Gasteiger partial charge in [0.15, 0.2) is 0 Å².